The summed E-state index contributed by atoms with van der Waals surface area (Å²) < 4.78 is 10.3. The first-order valence-corrected chi connectivity index (χ1v) is 7.39. The molecule has 18 heavy (non-hydrogen) atoms. The molecule has 0 saturated carbocycles. The molecule has 0 fully saturated rings. The van der Waals surface area contributed by atoms with Gasteiger partial charge in [0, 0.05) is 20.1 Å². The standard InChI is InChI=1S/C15H30O3/c1-4-5-11-14(2)18-15(16)12-9-7-6-8-10-13-17-3/h14H,4-13H2,1-3H3. The van der Waals surface area contributed by atoms with E-state index in [0.29, 0.717) is 6.42 Å². The van der Waals surface area contributed by atoms with Crippen LogP contribution < -0.4 is 0 Å². The Bertz CT molecular complexity index is 192. The minimum atomic E-state index is -0.0319. The van der Waals surface area contributed by atoms with Crippen LogP contribution in [0.1, 0.15) is 71.6 Å². The number of unbranched alkanes of at least 4 members (excludes halogenated alkanes) is 5. The van der Waals surface area contributed by atoms with E-state index in [9.17, 15) is 4.79 Å². The molecule has 0 aromatic heterocycles. The second-order valence-electron chi connectivity index (χ2n) is 4.95. The number of carbonyl (C=O) groups excluding carboxylic acids is 1. The molecule has 0 aliphatic rings. The Morgan fingerprint density at radius 2 is 1.72 bits per heavy atom. The van der Waals surface area contributed by atoms with E-state index >= 15 is 0 Å². The van der Waals surface area contributed by atoms with E-state index in [1.165, 1.54) is 12.8 Å². The highest BCUT2D eigenvalue weighted by Gasteiger charge is 2.08. The lowest BCUT2D eigenvalue weighted by molar-refractivity contribution is -0.148. The smallest absolute Gasteiger partial charge is 0.306 e. The zero-order valence-corrected chi connectivity index (χ0v) is 12.4. The van der Waals surface area contributed by atoms with Crippen LogP contribution in [0.15, 0.2) is 0 Å². The molecular weight excluding hydrogens is 228 g/mol. The maximum Gasteiger partial charge on any atom is 0.306 e. The molecule has 0 spiro atoms. The van der Waals surface area contributed by atoms with Gasteiger partial charge in [-0.15, -0.1) is 0 Å². The van der Waals surface area contributed by atoms with Crippen LogP contribution in [-0.4, -0.2) is 25.8 Å². The maximum absolute atomic E-state index is 11.5. The summed E-state index contributed by atoms with van der Waals surface area (Å²) in [5.41, 5.74) is 0. The van der Waals surface area contributed by atoms with Gasteiger partial charge in [-0.1, -0.05) is 39.0 Å². The van der Waals surface area contributed by atoms with Crippen molar-refractivity contribution in [2.75, 3.05) is 13.7 Å². The first kappa shape index (κ1) is 17.4. The molecule has 0 aromatic carbocycles. The van der Waals surface area contributed by atoms with Crippen molar-refractivity contribution >= 4 is 5.97 Å². The Labute approximate surface area is 112 Å². The van der Waals surface area contributed by atoms with Gasteiger partial charge < -0.3 is 9.47 Å². The van der Waals surface area contributed by atoms with Gasteiger partial charge in [0.05, 0.1) is 6.10 Å². The van der Waals surface area contributed by atoms with Gasteiger partial charge in [-0.25, -0.2) is 0 Å². The van der Waals surface area contributed by atoms with E-state index in [1.54, 1.807) is 7.11 Å². The molecule has 1 unspecified atom stereocenters. The van der Waals surface area contributed by atoms with Crippen LogP contribution in [-0.2, 0) is 14.3 Å². The van der Waals surface area contributed by atoms with Crippen molar-refractivity contribution < 1.29 is 14.3 Å². The third-order valence-corrected chi connectivity index (χ3v) is 3.03. The summed E-state index contributed by atoms with van der Waals surface area (Å²) in [6.45, 7) is 4.98. The van der Waals surface area contributed by atoms with Crippen LogP contribution >= 0.6 is 0 Å². The Hall–Kier alpha value is -0.570. The number of rotatable bonds is 12. The summed E-state index contributed by atoms with van der Waals surface area (Å²) in [7, 11) is 1.73. The van der Waals surface area contributed by atoms with E-state index in [2.05, 4.69) is 6.92 Å². The van der Waals surface area contributed by atoms with Gasteiger partial charge in [0.15, 0.2) is 0 Å². The van der Waals surface area contributed by atoms with Crippen molar-refractivity contribution in [2.45, 2.75) is 77.7 Å². The topological polar surface area (TPSA) is 35.5 Å². The van der Waals surface area contributed by atoms with Crippen LogP contribution in [0.3, 0.4) is 0 Å². The average Bonchev–Trinajstić information content (AvgIpc) is 2.35. The van der Waals surface area contributed by atoms with E-state index < -0.39 is 0 Å². The quantitative estimate of drug-likeness (QED) is 0.390. The van der Waals surface area contributed by atoms with Crippen molar-refractivity contribution in [3.8, 4) is 0 Å². The predicted octanol–water partition coefficient (Wildman–Crippen LogP) is 4.10. The molecule has 108 valence electrons. The minimum absolute atomic E-state index is 0.0319. The lowest BCUT2D eigenvalue weighted by Gasteiger charge is -2.12. The van der Waals surface area contributed by atoms with Crippen molar-refractivity contribution in [3.05, 3.63) is 0 Å². The lowest BCUT2D eigenvalue weighted by Crippen LogP contribution is -2.14. The van der Waals surface area contributed by atoms with Crippen molar-refractivity contribution in [2.24, 2.45) is 0 Å². The molecule has 0 rings (SSSR count). The summed E-state index contributed by atoms with van der Waals surface area (Å²) in [6, 6.07) is 0. The van der Waals surface area contributed by atoms with Gasteiger partial charge in [0.25, 0.3) is 0 Å². The fraction of sp³-hybridized carbons (Fsp3) is 0.933. The third-order valence-electron chi connectivity index (χ3n) is 3.03. The van der Waals surface area contributed by atoms with Crippen LogP contribution in [0.25, 0.3) is 0 Å². The van der Waals surface area contributed by atoms with E-state index in [0.717, 1.165) is 45.1 Å². The van der Waals surface area contributed by atoms with Gasteiger partial charge in [0.1, 0.15) is 0 Å². The molecule has 3 heteroatoms. The minimum Gasteiger partial charge on any atom is -0.463 e. The van der Waals surface area contributed by atoms with Crippen molar-refractivity contribution in [1.29, 1.82) is 0 Å². The molecule has 0 N–H and O–H groups in total. The van der Waals surface area contributed by atoms with Crippen LogP contribution in [0.2, 0.25) is 0 Å². The monoisotopic (exact) mass is 258 g/mol. The van der Waals surface area contributed by atoms with Gasteiger partial charge in [-0.05, 0) is 26.2 Å². The first-order valence-electron chi connectivity index (χ1n) is 7.39. The fourth-order valence-corrected chi connectivity index (χ4v) is 1.88. The zero-order chi connectivity index (χ0) is 13.6. The molecule has 0 aliphatic carbocycles. The lowest BCUT2D eigenvalue weighted by atomic mass is 10.1. The zero-order valence-electron chi connectivity index (χ0n) is 12.4. The maximum atomic E-state index is 11.5. The molecule has 0 heterocycles. The SMILES string of the molecule is CCCCC(C)OC(=O)CCCCCCCOC. The Morgan fingerprint density at radius 3 is 2.39 bits per heavy atom. The first-order chi connectivity index (χ1) is 8.70. The van der Waals surface area contributed by atoms with Gasteiger partial charge >= 0.3 is 5.97 Å². The molecule has 0 bridgehead atoms. The third kappa shape index (κ3) is 11.9. The largest absolute Gasteiger partial charge is 0.463 e. The number of ether oxygens (including phenoxy) is 2. The normalized spacial score (nSPS) is 12.4. The molecule has 0 aliphatic heterocycles. The second-order valence-corrected chi connectivity index (χ2v) is 4.95. The molecule has 0 saturated heterocycles. The molecule has 0 amide bonds. The van der Waals surface area contributed by atoms with E-state index in [4.69, 9.17) is 9.47 Å². The van der Waals surface area contributed by atoms with Crippen molar-refractivity contribution in [3.63, 3.8) is 0 Å². The Morgan fingerprint density at radius 1 is 1.06 bits per heavy atom. The van der Waals surface area contributed by atoms with Crippen LogP contribution in [0.4, 0.5) is 0 Å². The van der Waals surface area contributed by atoms with Crippen LogP contribution in [0, 0.1) is 0 Å². The summed E-state index contributed by atoms with van der Waals surface area (Å²) in [6.07, 6.45) is 9.48. The highest BCUT2D eigenvalue weighted by atomic mass is 16.5. The van der Waals surface area contributed by atoms with Gasteiger partial charge in [-0.2, -0.15) is 0 Å². The summed E-state index contributed by atoms with van der Waals surface area (Å²) in [5, 5.41) is 0. The summed E-state index contributed by atoms with van der Waals surface area (Å²) in [4.78, 5) is 11.5. The molecule has 1 atom stereocenters. The molecule has 0 aromatic rings. The summed E-state index contributed by atoms with van der Waals surface area (Å²) in [5.74, 6) is -0.0319. The van der Waals surface area contributed by atoms with Gasteiger partial charge in [-0.3, -0.25) is 4.79 Å². The Kier molecular flexibility index (Phi) is 12.5. The fourth-order valence-electron chi connectivity index (χ4n) is 1.88. The average molecular weight is 258 g/mol. The highest BCUT2D eigenvalue weighted by molar-refractivity contribution is 5.69. The number of methoxy groups -OCH3 is 1. The molecule has 0 radical (unpaired) electrons. The summed E-state index contributed by atoms with van der Waals surface area (Å²) >= 11 is 0. The van der Waals surface area contributed by atoms with Crippen molar-refractivity contribution in [1.82, 2.24) is 0 Å². The highest BCUT2D eigenvalue weighted by Crippen LogP contribution is 2.09. The van der Waals surface area contributed by atoms with E-state index in [1.807, 2.05) is 6.92 Å². The Balaban J connectivity index is 3.31. The molecular formula is C15H30O3. The predicted molar refractivity (Wildman–Crippen MR) is 74.7 cm³/mol. The van der Waals surface area contributed by atoms with Gasteiger partial charge in [0.2, 0.25) is 0 Å². The van der Waals surface area contributed by atoms with Crippen LogP contribution in [0.5, 0.6) is 0 Å². The number of esters is 1. The number of carbonyl (C=O) groups is 1. The second kappa shape index (κ2) is 12.9. The van der Waals surface area contributed by atoms with E-state index in [-0.39, 0.29) is 12.1 Å². The number of hydrogen-bond acceptors (Lipinski definition) is 3. The number of hydrogen-bond donors (Lipinski definition) is 0. The molecule has 3 nitrogen and oxygen atoms in total.